The Morgan fingerprint density at radius 2 is 1.13 bits per heavy atom. The molecule has 5 aromatic carbocycles. The van der Waals surface area contributed by atoms with Crippen LogP contribution in [0, 0.1) is 23.7 Å². The van der Waals surface area contributed by atoms with E-state index >= 15 is 0 Å². The van der Waals surface area contributed by atoms with Gasteiger partial charge in [0.05, 0.1) is 70.6 Å². The van der Waals surface area contributed by atoms with E-state index in [1.54, 1.807) is 0 Å². The van der Waals surface area contributed by atoms with E-state index < -0.39 is 128 Å². The van der Waals surface area contributed by atoms with Crippen LogP contribution < -0.4 is 0 Å². The Kier molecular flexibility index (Phi) is 27.2. The molecule has 0 N–H and O–H groups in total. The Balaban J connectivity index is 1.08. The molecule has 5 fully saturated rings. The Morgan fingerprint density at radius 3 is 1.73 bits per heavy atom. The zero-order chi connectivity index (χ0) is 66.5. The number of hydrogen-bond donors (Lipinski definition) is 0. The molecule has 0 spiro atoms. The summed E-state index contributed by atoms with van der Waals surface area (Å²) in [5, 5.41) is 4.39. The number of benzene rings is 5. The second kappa shape index (κ2) is 36.2. The molecule has 4 saturated heterocycles. The first-order valence-corrected chi connectivity index (χ1v) is 33.8. The minimum Gasteiger partial charge on any atom is -0.465 e. The van der Waals surface area contributed by atoms with Gasteiger partial charge < -0.3 is 71.1 Å². The number of carbonyl (C=O) groups excluding carboxylic acids is 2. The fraction of sp³-hybridized carbons (Fsp3) is 0.547. The van der Waals surface area contributed by atoms with Crippen molar-refractivity contribution in [3.05, 3.63) is 203 Å². The van der Waals surface area contributed by atoms with Crippen LogP contribution in [0.25, 0.3) is 10.4 Å². The molecular formula is C75H95N3O17. The second-order valence-corrected chi connectivity index (χ2v) is 25.6. The summed E-state index contributed by atoms with van der Waals surface area (Å²) in [5.41, 5.74) is 14.9. The highest BCUT2D eigenvalue weighted by molar-refractivity contribution is 5.66. The van der Waals surface area contributed by atoms with Crippen molar-refractivity contribution in [3.8, 4) is 0 Å². The number of unbranched alkanes of at least 4 members (excludes halogenated alkanes) is 4. The van der Waals surface area contributed by atoms with E-state index in [0.717, 1.165) is 59.9 Å². The highest BCUT2D eigenvalue weighted by atomic mass is 16.8. The minimum absolute atomic E-state index is 0.0248. The smallest absolute Gasteiger partial charge is 0.302 e. The molecule has 1 saturated carbocycles. The summed E-state index contributed by atoms with van der Waals surface area (Å²) < 4.78 is 104. The van der Waals surface area contributed by atoms with Crippen LogP contribution in [-0.4, -0.2) is 137 Å². The zero-order valence-electron chi connectivity index (χ0n) is 55.5. The molecule has 512 valence electrons. The number of fused-ring (bicyclic) bond motifs is 1. The molecular weight excluding hydrogens is 1210 g/mol. The molecule has 4 heterocycles. The van der Waals surface area contributed by atoms with Gasteiger partial charge in [-0.1, -0.05) is 196 Å². The first-order valence-electron chi connectivity index (χ1n) is 33.8. The van der Waals surface area contributed by atoms with Gasteiger partial charge in [0.2, 0.25) is 0 Å². The molecule has 4 aliphatic heterocycles. The lowest BCUT2D eigenvalue weighted by molar-refractivity contribution is -0.414. The number of esters is 2. The summed E-state index contributed by atoms with van der Waals surface area (Å²) in [5.74, 6) is -2.76. The number of allylic oxidation sites excluding steroid dienone is 1. The molecule has 95 heavy (non-hydrogen) atoms. The van der Waals surface area contributed by atoms with Gasteiger partial charge >= 0.3 is 11.9 Å². The maximum atomic E-state index is 12.9. The van der Waals surface area contributed by atoms with E-state index in [1.165, 1.54) is 13.8 Å². The van der Waals surface area contributed by atoms with Crippen molar-refractivity contribution in [2.75, 3.05) is 26.4 Å². The number of rotatable bonds is 32. The fourth-order valence-electron chi connectivity index (χ4n) is 13.5. The van der Waals surface area contributed by atoms with Gasteiger partial charge in [-0.25, -0.2) is 0 Å². The molecule has 20 nitrogen and oxygen atoms in total. The largest absolute Gasteiger partial charge is 0.465 e. The minimum atomic E-state index is -1.32. The van der Waals surface area contributed by atoms with Crippen molar-refractivity contribution >= 4 is 11.9 Å². The number of hydrogen-bond acceptors (Lipinski definition) is 18. The Hall–Kier alpha value is -6.43. The normalized spacial score (nSPS) is 32.3. The van der Waals surface area contributed by atoms with Crippen LogP contribution >= 0.6 is 0 Å². The predicted molar refractivity (Wildman–Crippen MR) is 351 cm³/mol. The first-order chi connectivity index (χ1) is 46.3. The topological polar surface area (TPSA) is 221 Å². The summed E-state index contributed by atoms with van der Waals surface area (Å²) in [4.78, 5) is 28.8. The van der Waals surface area contributed by atoms with Crippen LogP contribution in [0.5, 0.6) is 0 Å². The SMILES string of the molecule is C=CCCCCCCO[C@@H]1OC(COCc2ccccc2)[C@@H](O[C@@H]2OC3COC(c4ccccc4)O[C@@H]3[C@H](O[C@H]3CC(COC(C)=O)[C@H](OC(C)=O)[C@H](C)C3N=[N+]=[N-])C2O[C@@H]2OC(C)[C@@H](OCc3ccccc3)[C@H](OCc3ccccc3)C2OCc2ccccc2)[C@H](C)C1C. The van der Waals surface area contributed by atoms with Gasteiger partial charge in [-0.05, 0) is 66.3 Å². The Morgan fingerprint density at radius 1 is 0.558 bits per heavy atom. The molecule has 0 bridgehead atoms. The molecule has 9 unspecified atom stereocenters. The molecule has 0 amide bonds. The molecule has 0 radical (unpaired) electrons. The maximum absolute atomic E-state index is 12.9. The molecule has 20 heteroatoms. The van der Waals surface area contributed by atoms with Gasteiger partial charge in [0.25, 0.3) is 0 Å². The van der Waals surface area contributed by atoms with Crippen LogP contribution in [0.1, 0.15) is 114 Å². The Bertz CT molecular complexity index is 3140. The lowest BCUT2D eigenvalue weighted by Crippen LogP contribution is -2.68. The monoisotopic (exact) mass is 1310 g/mol. The maximum Gasteiger partial charge on any atom is 0.302 e. The summed E-state index contributed by atoms with van der Waals surface area (Å²) >= 11 is 0. The third-order valence-corrected chi connectivity index (χ3v) is 18.7. The third-order valence-electron chi connectivity index (χ3n) is 18.7. The van der Waals surface area contributed by atoms with Gasteiger partial charge in [0.1, 0.15) is 54.9 Å². The van der Waals surface area contributed by atoms with Gasteiger partial charge in [-0.3, -0.25) is 9.59 Å². The van der Waals surface area contributed by atoms with E-state index in [-0.39, 0.29) is 57.9 Å². The highest BCUT2D eigenvalue weighted by Crippen LogP contribution is 2.45. The molecule has 10 rings (SSSR count). The predicted octanol–water partition coefficient (Wildman–Crippen LogP) is 13.0. The third kappa shape index (κ3) is 19.7. The lowest BCUT2D eigenvalue weighted by Gasteiger charge is -2.54. The van der Waals surface area contributed by atoms with E-state index in [1.807, 2.05) is 172 Å². The molecule has 1 aliphatic carbocycles. The average molecular weight is 1310 g/mol. The van der Waals surface area contributed by atoms with Crippen LogP contribution in [-0.2, 0) is 107 Å². The number of azide groups is 1. The van der Waals surface area contributed by atoms with E-state index in [9.17, 15) is 15.1 Å². The van der Waals surface area contributed by atoms with Crippen molar-refractivity contribution in [1.82, 2.24) is 0 Å². The van der Waals surface area contributed by atoms with Crippen LogP contribution in [0.4, 0.5) is 0 Å². The number of nitrogens with zero attached hydrogens (tertiary/aromatic N) is 3. The number of carbonyl (C=O) groups is 2. The number of ether oxygens (including phenoxy) is 15. The average Bonchev–Trinajstić information content (AvgIpc) is 0.756. The van der Waals surface area contributed by atoms with Crippen LogP contribution in [0.3, 0.4) is 0 Å². The van der Waals surface area contributed by atoms with Crippen LogP contribution in [0.15, 0.2) is 169 Å². The van der Waals surface area contributed by atoms with Crippen molar-refractivity contribution in [3.63, 3.8) is 0 Å². The van der Waals surface area contributed by atoms with E-state index in [2.05, 4.69) is 30.5 Å². The van der Waals surface area contributed by atoms with Gasteiger partial charge in [-0.15, -0.1) is 6.58 Å². The van der Waals surface area contributed by atoms with Crippen molar-refractivity contribution < 1.29 is 80.6 Å². The second-order valence-electron chi connectivity index (χ2n) is 25.6. The van der Waals surface area contributed by atoms with Gasteiger partial charge in [0.15, 0.2) is 25.2 Å². The van der Waals surface area contributed by atoms with Crippen LogP contribution in [0.2, 0.25) is 0 Å². The summed E-state index contributed by atoms with van der Waals surface area (Å²) in [6.45, 7) is 15.9. The van der Waals surface area contributed by atoms with Gasteiger partial charge in [-0.2, -0.15) is 0 Å². The first kappa shape index (κ1) is 71.3. The summed E-state index contributed by atoms with van der Waals surface area (Å²) in [6.07, 6.45) is -7.75. The zero-order valence-corrected chi connectivity index (χ0v) is 55.5. The lowest BCUT2D eigenvalue weighted by atomic mass is 9.74. The quantitative estimate of drug-likeness (QED) is 0.00975. The highest BCUT2D eigenvalue weighted by Gasteiger charge is 2.59. The summed E-state index contributed by atoms with van der Waals surface area (Å²) in [6, 6.07) is 48.3. The van der Waals surface area contributed by atoms with Gasteiger partial charge in [0, 0.05) is 48.7 Å². The van der Waals surface area contributed by atoms with Crippen molar-refractivity contribution in [2.45, 2.75) is 211 Å². The van der Waals surface area contributed by atoms with Crippen molar-refractivity contribution in [2.24, 2.45) is 28.8 Å². The fourth-order valence-corrected chi connectivity index (χ4v) is 13.5. The summed E-state index contributed by atoms with van der Waals surface area (Å²) in [7, 11) is 0. The Labute approximate surface area is 559 Å². The van der Waals surface area contributed by atoms with Crippen molar-refractivity contribution in [1.29, 1.82) is 0 Å². The standard InChI is InChI=1S/C75H95N3O17/c1-8-9-10-11-12-28-39-82-72-49(3)48(2)65(61(91-72)46-81-41-54-29-18-13-19-30-54)93-75-71(95-74-70(86-44-57-35-24-16-25-36-57)68(85-43-56-33-22-15-23-34-56)66(51(5)88-74)84-42-55-31-20-14-21-32-55)69(67-62(92-75)47-87-73(94-67)58-37-26-17-27-38-58)90-60-40-59(45-83-52(6)79)64(89-53(7)80)50(4)63(60)77-78-76/h8,13-27,29-38,48-51,59-75H,1,9-12,28,39-47H2,2-7H3/t48-,49?,50-,51?,59?,60+,61?,62?,63?,64-,65+,66-,67+,68+,69+,70?,71?,72-,73?,74+,75+/m1/s1. The molecule has 5 aromatic rings. The van der Waals surface area contributed by atoms with E-state index in [0.29, 0.717) is 13.2 Å². The molecule has 21 atom stereocenters. The van der Waals surface area contributed by atoms with E-state index in [4.69, 9.17) is 71.1 Å². The molecule has 5 aliphatic rings. The molecule has 0 aromatic heterocycles.